The molecule has 22 heavy (non-hydrogen) atoms. The van der Waals surface area contributed by atoms with Crippen molar-refractivity contribution in [3.05, 3.63) is 46.4 Å². The Kier molecular flexibility index (Phi) is 6.29. The summed E-state index contributed by atoms with van der Waals surface area (Å²) in [7, 11) is 1.64. The number of hydrogen-bond acceptors (Lipinski definition) is 5. The van der Waals surface area contributed by atoms with Gasteiger partial charge in [0.25, 0.3) is 0 Å². The number of carbonyl (C=O) groups is 1. The number of nitrogens with zero attached hydrogens (tertiary/aromatic N) is 2. The van der Waals surface area contributed by atoms with Crippen LogP contribution in [0.5, 0.6) is 0 Å². The minimum absolute atomic E-state index is 0.128. The molecule has 2 N–H and O–H groups in total. The molecule has 1 heterocycles. The second-order valence-corrected chi connectivity index (χ2v) is 5.49. The molecule has 1 aromatic heterocycles. The highest BCUT2D eigenvalue weighted by molar-refractivity contribution is 9.10. The molecule has 1 amide bonds. The highest BCUT2D eigenvalue weighted by Crippen LogP contribution is 2.12. The zero-order valence-corrected chi connectivity index (χ0v) is 13.8. The van der Waals surface area contributed by atoms with E-state index in [9.17, 15) is 4.79 Å². The van der Waals surface area contributed by atoms with Gasteiger partial charge in [0.2, 0.25) is 5.91 Å². The van der Waals surface area contributed by atoms with Crippen LogP contribution in [0.1, 0.15) is 5.56 Å². The lowest BCUT2D eigenvalue weighted by Crippen LogP contribution is -2.16. The quantitative estimate of drug-likeness (QED) is 0.738. The van der Waals surface area contributed by atoms with E-state index < -0.39 is 0 Å². The van der Waals surface area contributed by atoms with Gasteiger partial charge in [-0.1, -0.05) is 28.1 Å². The molecular formula is C15H17BrN4O2. The van der Waals surface area contributed by atoms with Crippen molar-refractivity contribution in [1.82, 2.24) is 10.2 Å². The number of hydrogen-bond donors (Lipinski definition) is 2. The van der Waals surface area contributed by atoms with Crippen LogP contribution in [-0.2, 0) is 16.0 Å². The third-order valence-corrected chi connectivity index (χ3v) is 3.35. The van der Waals surface area contributed by atoms with Gasteiger partial charge in [-0.2, -0.15) is 0 Å². The molecule has 0 radical (unpaired) electrons. The summed E-state index contributed by atoms with van der Waals surface area (Å²) in [6.07, 6.45) is 0.294. The molecule has 0 atom stereocenters. The number of halogens is 1. The van der Waals surface area contributed by atoms with Gasteiger partial charge in [-0.25, -0.2) is 0 Å². The van der Waals surface area contributed by atoms with E-state index in [1.165, 1.54) is 0 Å². The molecule has 2 aromatic rings. The highest BCUT2D eigenvalue weighted by Gasteiger charge is 2.05. The molecule has 7 heteroatoms. The Bertz CT molecular complexity index is 602. The van der Waals surface area contributed by atoms with Crippen LogP contribution in [-0.4, -0.2) is 36.4 Å². The fourth-order valence-corrected chi connectivity index (χ4v) is 2.01. The van der Waals surface area contributed by atoms with Crippen LogP contribution in [0.25, 0.3) is 0 Å². The Morgan fingerprint density at radius 2 is 1.82 bits per heavy atom. The van der Waals surface area contributed by atoms with Gasteiger partial charge in [-0.3, -0.25) is 4.79 Å². The minimum atomic E-state index is -0.128. The van der Waals surface area contributed by atoms with E-state index in [0.29, 0.717) is 31.2 Å². The van der Waals surface area contributed by atoms with E-state index in [2.05, 4.69) is 36.8 Å². The largest absolute Gasteiger partial charge is 0.383 e. The maximum absolute atomic E-state index is 11.9. The summed E-state index contributed by atoms with van der Waals surface area (Å²) in [5.41, 5.74) is 0.937. The maximum atomic E-state index is 11.9. The Morgan fingerprint density at radius 1 is 1.14 bits per heavy atom. The Labute approximate surface area is 137 Å². The number of benzene rings is 1. The summed E-state index contributed by atoms with van der Waals surface area (Å²) < 4.78 is 5.92. The van der Waals surface area contributed by atoms with Gasteiger partial charge in [0, 0.05) is 18.1 Å². The first-order chi connectivity index (χ1) is 10.7. The second kappa shape index (κ2) is 8.45. The number of rotatable bonds is 7. The molecule has 0 aliphatic heterocycles. The van der Waals surface area contributed by atoms with Crippen molar-refractivity contribution in [2.45, 2.75) is 6.42 Å². The first-order valence-electron chi connectivity index (χ1n) is 6.78. The van der Waals surface area contributed by atoms with Crippen molar-refractivity contribution >= 4 is 33.5 Å². The number of carbonyl (C=O) groups excluding carboxylic acids is 1. The van der Waals surface area contributed by atoms with Gasteiger partial charge in [0.05, 0.1) is 13.0 Å². The average molecular weight is 365 g/mol. The summed E-state index contributed by atoms with van der Waals surface area (Å²) in [4.78, 5) is 11.9. The van der Waals surface area contributed by atoms with Crippen LogP contribution >= 0.6 is 15.9 Å². The number of methoxy groups -OCH3 is 1. The summed E-state index contributed by atoms with van der Waals surface area (Å²) >= 11 is 3.36. The zero-order valence-electron chi connectivity index (χ0n) is 12.2. The van der Waals surface area contributed by atoms with Gasteiger partial charge in [-0.15, -0.1) is 10.2 Å². The molecule has 1 aromatic carbocycles. The summed E-state index contributed by atoms with van der Waals surface area (Å²) in [6.45, 7) is 1.24. The molecule has 0 spiro atoms. The maximum Gasteiger partial charge on any atom is 0.229 e. The van der Waals surface area contributed by atoms with Crippen molar-refractivity contribution in [2.24, 2.45) is 0 Å². The Morgan fingerprint density at radius 3 is 2.45 bits per heavy atom. The van der Waals surface area contributed by atoms with Crippen LogP contribution < -0.4 is 10.6 Å². The topological polar surface area (TPSA) is 76.1 Å². The molecule has 0 saturated heterocycles. The van der Waals surface area contributed by atoms with Crippen LogP contribution in [0, 0.1) is 0 Å². The molecule has 6 nitrogen and oxygen atoms in total. The fourth-order valence-electron chi connectivity index (χ4n) is 1.75. The van der Waals surface area contributed by atoms with E-state index in [1.54, 1.807) is 19.2 Å². The van der Waals surface area contributed by atoms with Crippen molar-refractivity contribution < 1.29 is 9.53 Å². The lowest BCUT2D eigenvalue weighted by atomic mass is 10.1. The first-order valence-corrected chi connectivity index (χ1v) is 7.57. The molecule has 2 rings (SSSR count). The molecular weight excluding hydrogens is 348 g/mol. The zero-order chi connectivity index (χ0) is 15.8. The van der Waals surface area contributed by atoms with E-state index in [4.69, 9.17) is 4.74 Å². The standard InChI is InChI=1S/C15H17BrN4O2/c1-22-9-8-17-13-6-7-14(20-19-13)18-15(21)10-11-2-4-12(16)5-3-11/h2-7H,8-10H2,1H3,(H,17,19)(H,18,20,21). The highest BCUT2D eigenvalue weighted by atomic mass is 79.9. The number of amides is 1. The van der Waals surface area contributed by atoms with E-state index in [0.717, 1.165) is 10.0 Å². The normalized spacial score (nSPS) is 10.3. The SMILES string of the molecule is COCCNc1ccc(NC(=O)Cc2ccc(Br)cc2)nn1. The van der Waals surface area contributed by atoms with Gasteiger partial charge >= 0.3 is 0 Å². The minimum Gasteiger partial charge on any atom is -0.383 e. The summed E-state index contributed by atoms with van der Waals surface area (Å²) in [5, 5.41) is 13.7. The number of aromatic nitrogens is 2. The van der Waals surface area contributed by atoms with E-state index >= 15 is 0 Å². The predicted octanol–water partition coefficient (Wildman–Crippen LogP) is 2.48. The molecule has 0 fully saturated rings. The Hall–Kier alpha value is -1.99. The van der Waals surface area contributed by atoms with E-state index in [1.807, 2.05) is 24.3 Å². The van der Waals surface area contributed by atoms with Crippen molar-refractivity contribution in [2.75, 3.05) is 30.9 Å². The Balaban J connectivity index is 1.84. The summed E-state index contributed by atoms with van der Waals surface area (Å²) in [6, 6.07) is 11.1. The third kappa shape index (κ3) is 5.42. The molecule has 0 aliphatic carbocycles. The predicted molar refractivity (Wildman–Crippen MR) is 88.9 cm³/mol. The summed E-state index contributed by atoms with van der Waals surface area (Å²) in [5.74, 6) is 0.944. The van der Waals surface area contributed by atoms with E-state index in [-0.39, 0.29) is 5.91 Å². The van der Waals surface area contributed by atoms with Crippen LogP contribution in [0.3, 0.4) is 0 Å². The first kappa shape index (κ1) is 16.4. The monoisotopic (exact) mass is 364 g/mol. The second-order valence-electron chi connectivity index (χ2n) is 4.57. The van der Waals surface area contributed by atoms with Crippen molar-refractivity contribution in [3.63, 3.8) is 0 Å². The van der Waals surface area contributed by atoms with Gasteiger partial charge in [0.1, 0.15) is 5.82 Å². The van der Waals surface area contributed by atoms with Crippen LogP contribution in [0.15, 0.2) is 40.9 Å². The number of nitrogens with one attached hydrogen (secondary N) is 2. The van der Waals surface area contributed by atoms with Crippen LogP contribution in [0.2, 0.25) is 0 Å². The molecule has 0 bridgehead atoms. The third-order valence-electron chi connectivity index (χ3n) is 2.82. The lowest BCUT2D eigenvalue weighted by molar-refractivity contribution is -0.115. The smallest absolute Gasteiger partial charge is 0.229 e. The van der Waals surface area contributed by atoms with Crippen molar-refractivity contribution in [3.8, 4) is 0 Å². The number of anilines is 2. The van der Waals surface area contributed by atoms with Crippen molar-refractivity contribution in [1.29, 1.82) is 0 Å². The van der Waals surface area contributed by atoms with Gasteiger partial charge in [-0.05, 0) is 29.8 Å². The molecule has 0 aliphatic rings. The van der Waals surface area contributed by atoms with Gasteiger partial charge < -0.3 is 15.4 Å². The van der Waals surface area contributed by atoms with Crippen LogP contribution in [0.4, 0.5) is 11.6 Å². The van der Waals surface area contributed by atoms with Gasteiger partial charge in [0.15, 0.2) is 5.82 Å². The molecule has 116 valence electrons. The molecule has 0 saturated carbocycles. The fraction of sp³-hybridized carbons (Fsp3) is 0.267. The number of ether oxygens (including phenoxy) is 1. The lowest BCUT2D eigenvalue weighted by Gasteiger charge is -2.06. The average Bonchev–Trinajstić information content (AvgIpc) is 2.51. The molecule has 0 unspecified atom stereocenters.